The van der Waals surface area contributed by atoms with Gasteiger partial charge < -0.3 is 10.3 Å². The van der Waals surface area contributed by atoms with E-state index >= 15 is 0 Å². The third-order valence-electron chi connectivity index (χ3n) is 3.58. The highest BCUT2D eigenvalue weighted by atomic mass is 16.2. The number of aryl methyl sites for hydroxylation is 1. The van der Waals surface area contributed by atoms with Crippen LogP contribution < -0.4 is 17.0 Å². The highest BCUT2D eigenvalue weighted by Gasteiger charge is 2.17. The number of imidazole rings is 1. The third kappa shape index (κ3) is 2.15. The molecule has 0 fully saturated rings. The Bertz CT molecular complexity index is 921. The molecule has 0 saturated carbocycles. The molecule has 0 atom stereocenters. The monoisotopic (exact) mass is 299 g/mol. The SMILES string of the molecule is CCn1c(CCN)nc2c1c(=O)[nH]c(=O)n2-c1ccccc1. The van der Waals surface area contributed by atoms with Gasteiger partial charge in [0, 0.05) is 13.0 Å². The molecular weight excluding hydrogens is 282 g/mol. The molecule has 0 aliphatic rings. The van der Waals surface area contributed by atoms with Gasteiger partial charge in [-0.25, -0.2) is 14.3 Å². The lowest BCUT2D eigenvalue weighted by Gasteiger charge is -2.06. The van der Waals surface area contributed by atoms with Crippen LogP contribution in [0.3, 0.4) is 0 Å². The fourth-order valence-electron chi connectivity index (χ4n) is 2.65. The van der Waals surface area contributed by atoms with Crippen molar-refractivity contribution in [3.05, 3.63) is 57.0 Å². The van der Waals surface area contributed by atoms with Gasteiger partial charge in [0.2, 0.25) is 0 Å². The van der Waals surface area contributed by atoms with E-state index in [4.69, 9.17) is 5.73 Å². The summed E-state index contributed by atoms with van der Waals surface area (Å²) < 4.78 is 3.23. The van der Waals surface area contributed by atoms with Crippen molar-refractivity contribution in [1.29, 1.82) is 0 Å². The summed E-state index contributed by atoms with van der Waals surface area (Å²) in [6.07, 6.45) is 0.547. The van der Waals surface area contributed by atoms with E-state index in [1.165, 1.54) is 4.57 Å². The normalized spacial score (nSPS) is 11.2. The molecule has 22 heavy (non-hydrogen) atoms. The lowest BCUT2D eigenvalue weighted by Crippen LogP contribution is -2.30. The van der Waals surface area contributed by atoms with Crippen molar-refractivity contribution in [2.75, 3.05) is 6.54 Å². The lowest BCUT2D eigenvalue weighted by atomic mass is 10.3. The Morgan fingerprint density at radius 1 is 1.23 bits per heavy atom. The van der Waals surface area contributed by atoms with E-state index in [9.17, 15) is 9.59 Å². The van der Waals surface area contributed by atoms with Gasteiger partial charge in [0.25, 0.3) is 5.56 Å². The number of hydrogen-bond donors (Lipinski definition) is 2. The third-order valence-corrected chi connectivity index (χ3v) is 3.58. The van der Waals surface area contributed by atoms with Crippen molar-refractivity contribution < 1.29 is 0 Å². The molecule has 0 saturated heterocycles. The number of nitrogens with two attached hydrogens (primary N) is 1. The molecule has 0 radical (unpaired) electrons. The summed E-state index contributed by atoms with van der Waals surface area (Å²) in [6, 6.07) is 9.12. The van der Waals surface area contributed by atoms with Crippen LogP contribution in [0.2, 0.25) is 0 Å². The van der Waals surface area contributed by atoms with Gasteiger partial charge >= 0.3 is 5.69 Å². The number of hydrogen-bond acceptors (Lipinski definition) is 4. The van der Waals surface area contributed by atoms with Crippen LogP contribution in [0.15, 0.2) is 39.9 Å². The molecule has 7 nitrogen and oxygen atoms in total. The Hall–Kier alpha value is -2.67. The predicted molar refractivity (Wildman–Crippen MR) is 84.4 cm³/mol. The number of H-pyrrole nitrogens is 1. The van der Waals surface area contributed by atoms with Gasteiger partial charge in [-0.1, -0.05) is 18.2 Å². The number of rotatable bonds is 4. The van der Waals surface area contributed by atoms with E-state index in [1.807, 2.05) is 25.1 Å². The molecule has 2 aromatic heterocycles. The minimum atomic E-state index is -0.497. The van der Waals surface area contributed by atoms with Crippen LogP contribution >= 0.6 is 0 Å². The van der Waals surface area contributed by atoms with Crippen molar-refractivity contribution in [3.63, 3.8) is 0 Å². The second-order valence-corrected chi connectivity index (χ2v) is 4.91. The van der Waals surface area contributed by atoms with Crippen molar-refractivity contribution in [2.24, 2.45) is 5.73 Å². The van der Waals surface area contributed by atoms with Crippen LogP contribution in [0.4, 0.5) is 0 Å². The Morgan fingerprint density at radius 3 is 2.59 bits per heavy atom. The maximum Gasteiger partial charge on any atom is 0.334 e. The Balaban J connectivity index is 2.43. The van der Waals surface area contributed by atoms with Crippen molar-refractivity contribution in [3.8, 4) is 5.69 Å². The minimum Gasteiger partial charge on any atom is -0.330 e. The molecular formula is C15H17N5O2. The summed E-state index contributed by atoms with van der Waals surface area (Å²) in [5.41, 5.74) is 6.12. The zero-order chi connectivity index (χ0) is 15.7. The summed E-state index contributed by atoms with van der Waals surface area (Å²) in [7, 11) is 0. The van der Waals surface area contributed by atoms with Crippen LogP contribution in [-0.2, 0) is 13.0 Å². The first kappa shape index (κ1) is 14.3. The van der Waals surface area contributed by atoms with Crippen LogP contribution in [0.5, 0.6) is 0 Å². The zero-order valence-corrected chi connectivity index (χ0v) is 12.2. The van der Waals surface area contributed by atoms with Gasteiger partial charge in [-0.2, -0.15) is 0 Å². The minimum absolute atomic E-state index is 0.366. The fraction of sp³-hybridized carbons (Fsp3) is 0.267. The van der Waals surface area contributed by atoms with Gasteiger partial charge in [-0.3, -0.25) is 9.78 Å². The molecule has 1 aromatic carbocycles. The summed E-state index contributed by atoms with van der Waals surface area (Å²) in [4.78, 5) is 31.3. The number of aromatic nitrogens is 4. The molecule has 0 amide bonds. The number of benzene rings is 1. The molecule has 0 unspecified atom stereocenters. The van der Waals surface area contributed by atoms with E-state index in [2.05, 4.69) is 9.97 Å². The van der Waals surface area contributed by atoms with Crippen molar-refractivity contribution >= 4 is 11.2 Å². The first-order valence-electron chi connectivity index (χ1n) is 7.17. The van der Waals surface area contributed by atoms with E-state index in [0.29, 0.717) is 42.2 Å². The topological polar surface area (TPSA) is 98.7 Å². The second-order valence-electron chi connectivity index (χ2n) is 4.91. The smallest absolute Gasteiger partial charge is 0.330 e. The summed E-state index contributed by atoms with van der Waals surface area (Å²) >= 11 is 0. The van der Waals surface area contributed by atoms with Crippen molar-refractivity contribution in [1.82, 2.24) is 19.1 Å². The quantitative estimate of drug-likeness (QED) is 0.728. The van der Waals surface area contributed by atoms with Gasteiger partial charge in [0.15, 0.2) is 11.2 Å². The largest absolute Gasteiger partial charge is 0.334 e. The number of aromatic amines is 1. The highest BCUT2D eigenvalue weighted by Crippen LogP contribution is 2.15. The standard InChI is InChI=1S/C15H17N5O2/c1-2-19-11(8-9-16)17-13-12(19)14(21)18-15(22)20(13)10-6-4-3-5-7-10/h3-7H,2,8-9,16H2,1H3,(H,18,21,22). The van der Waals surface area contributed by atoms with E-state index in [1.54, 1.807) is 16.7 Å². The maximum absolute atomic E-state index is 12.3. The Morgan fingerprint density at radius 2 is 1.95 bits per heavy atom. The number of nitrogens with zero attached hydrogens (tertiary/aromatic N) is 3. The molecule has 0 aliphatic carbocycles. The Kier molecular flexibility index (Phi) is 3.64. The summed E-state index contributed by atoms with van der Waals surface area (Å²) in [6.45, 7) is 2.94. The number of nitrogens with one attached hydrogen (secondary N) is 1. The fourth-order valence-corrected chi connectivity index (χ4v) is 2.65. The molecule has 0 spiro atoms. The maximum atomic E-state index is 12.3. The van der Waals surface area contributed by atoms with Gasteiger partial charge in [-0.05, 0) is 25.6 Å². The summed E-state index contributed by atoms with van der Waals surface area (Å²) in [5, 5.41) is 0. The van der Waals surface area contributed by atoms with Crippen LogP contribution in [0.25, 0.3) is 16.9 Å². The van der Waals surface area contributed by atoms with E-state index in [0.717, 1.165) is 0 Å². The van der Waals surface area contributed by atoms with Crippen LogP contribution in [0, 0.1) is 0 Å². The number of fused-ring (bicyclic) bond motifs is 1. The molecule has 3 N–H and O–H groups in total. The second kappa shape index (κ2) is 5.61. The molecule has 3 rings (SSSR count). The molecule has 2 heterocycles. The average molecular weight is 299 g/mol. The van der Waals surface area contributed by atoms with Gasteiger partial charge in [0.1, 0.15) is 5.82 Å². The molecule has 114 valence electrons. The van der Waals surface area contributed by atoms with E-state index < -0.39 is 11.2 Å². The average Bonchev–Trinajstić information content (AvgIpc) is 2.87. The molecule has 3 aromatic rings. The molecule has 0 bridgehead atoms. The lowest BCUT2D eigenvalue weighted by molar-refractivity contribution is 0.709. The van der Waals surface area contributed by atoms with Crippen LogP contribution in [0.1, 0.15) is 12.7 Å². The molecule has 0 aliphatic heterocycles. The summed E-state index contributed by atoms with van der Waals surface area (Å²) in [5.74, 6) is 0.709. The molecule has 7 heteroatoms. The first-order valence-corrected chi connectivity index (χ1v) is 7.17. The predicted octanol–water partition coefficient (Wildman–Crippen LogP) is 0.397. The van der Waals surface area contributed by atoms with Crippen molar-refractivity contribution in [2.45, 2.75) is 19.9 Å². The highest BCUT2D eigenvalue weighted by molar-refractivity contribution is 5.73. The Labute approximate surface area is 126 Å². The van der Waals surface area contributed by atoms with Gasteiger partial charge in [0.05, 0.1) is 5.69 Å². The van der Waals surface area contributed by atoms with Gasteiger partial charge in [-0.15, -0.1) is 0 Å². The van der Waals surface area contributed by atoms with E-state index in [-0.39, 0.29) is 0 Å². The van der Waals surface area contributed by atoms with Crippen LogP contribution in [-0.4, -0.2) is 25.6 Å². The number of para-hydroxylation sites is 1. The zero-order valence-electron chi connectivity index (χ0n) is 12.2. The first-order chi connectivity index (χ1) is 10.7.